The van der Waals surface area contributed by atoms with Crippen LogP contribution in [-0.2, 0) is 6.42 Å². The van der Waals surface area contributed by atoms with Crippen LogP contribution in [-0.4, -0.2) is 5.54 Å². The largest absolute Gasteiger partial charge is 0.380 e. The first-order chi connectivity index (χ1) is 7.33. The molecule has 0 atom stereocenters. The van der Waals surface area contributed by atoms with Gasteiger partial charge in [-0.25, -0.2) is 0 Å². The standard InChI is InChI=1S/C15H23N/c1-9-10(2)12(4)14-13(11(9)3)7-8-15(5,6)16-14/h16H,7-8H2,1-6H3. The average molecular weight is 217 g/mol. The fourth-order valence-electron chi connectivity index (χ4n) is 2.71. The molecule has 88 valence electrons. The van der Waals surface area contributed by atoms with Gasteiger partial charge in [0.2, 0.25) is 0 Å². The van der Waals surface area contributed by atoms with Gasteiger partial charge in [-0.2, -0.15) is 0 Å². The van der Waals surface area contributed by atoms with Crippen molar-refractivity contribution in [1.29, 1.82) is 0 Å². The predicted octanol–water partition coefficient (Wildman–Crippen LogP) is 4.06. The molecule has 0 fully saturated rings. The van der Waals surface area contributed by atoms with E-state index < -0.39 is 0 Å². The van der Waals surface area contributed by atoms with Crippen molar-refractivity contribution in [2.75, 3.05) is 5.32 Å². The first-order valence-electron chi connectivity index (χ1n) is 6.21. The van der Waals surface area contributed by atoms with Crippen LogP contribution in [0.25, 0.3) is 0 Å². The Bertz CT molecular complexity index is 441. The lowest BCUT2D eigenvalue weighted by Crippen LogP contribution is -2.36. The van der Waals surface area contributed by atoms with Gasteiger partial charge in [-0.05, 0) is 82.2 Å². The predicted molar refractivity (Wildman–Crippen MR) is 71.4 cm³/mol. The Balaban J connectivity index is 2.65. The zero-order chi connectivity index (χ0) is 12.1. The molecule has 1 aliphatic heterocycles. The number of anilines is 1. The molecule has 0 saturated heterocycles. The zero-order valence-electron chi connectivity index (χ0n) is 11.4. The van der Waals surface area contributed by atoms with E-state index in [-0.39, 0.29) is 5.54 Å². The summed E-state index contributed by atoms with van der Waals surface area (Å²) in [5, 5.41) is 3.71. The van der Waals surface area contributed by atoms with E-state index in [9.17, 15) is 0 Å². The van der Waals surface area contributed by atoms with Crippen molar-refractivity contribution in [3.8, 4) is 0 Å². The molecule has 0 unspecified atom stereocenters. The van der Waals surface area contributed by atoms with Crippen molar-refractivity contribution in [2.45, 2.75) is 59.9 Å². The molecule has 0 saturated carbocycles. The smallest absolute Gasteiger partial charge is 0.0412 e. The Morgan fingerprint density at radius 2 is 1.44 bits per heavy atom. The molecule has 0 spiro atoms. The van der Waals surface area contributed by atoms with Gasteiger partial charge in [0.05, 0.1) is 0 Å². The number of nitrogens with one attached hydrogen (secondary N) is 1. The second-order valence-corrected chi connectivity index (χ2v) is 5.86. The van der Waals surface area contributed by atoms with Gasteiger partial charge in [-0.1, -0.05) is 0 Å². The number of benzene rings is 1. The molecule has 1 heteroatoms. The lowest BCUT2D eigenvalue weighted by atomic mass is 9.83. The van der Waals surface area contributed by atoms with Crippen LogP contribution in [0.2, 0.25) is 0 Å². The van der Waals surface area contributed by atoms with Crippen molar-refractivity contribution in [3.05, 3.63) is 27.8 Å². The van der Waals surface area contributed by atoms with Crippen LogP contribution in [0.3, 0.4) is 0 Å². The summed E-state index contributed by atoms with van der Waals surface area (Å²) in [5.74, 6) is 0. The van der Waals surface area contributed by atoms with E-state index in [1.54, 1.807) is 5.56 Å². The number of rotatable bonds is 0. The highest BCUT2D eigenvalue weighted by Crippen LogP contribution is 2.38. The fourth-order valence-corrected chi connectivity index (χ4v) is 2.71. The van der Waals surface area contributed by atoms with E-state index in [0.29, 0.717) is 0 Å². The highest BCUT2D eigenvalue weighted by atomic mass is 15.0. The third-order valence-corrected chi connectivity index (χ3v) is 4.28. The van der Waals surface area contributed by atoms with Gasteiger partial charge in [0.25, 0.3) is 0 Å². The Labute approximate surface area is 99.3 Å². The Hall–Kier alpha value is -0.980. The molecule has 2 rings (SSSR count). The van der Waals surface area contributed by atoms with Crippen LogP contribution >= 0.6 is 0 Å². The first-order valence-corrected chi connectivity index (χ1v) is 6.21. The van der Waals surface area contributed by atoms with Crippen molar-refractivity contribution >= 4 is 5.69 Å². The average Bonchev–Trinajstić information content (AvgIpc) is 2.22. The van der Waals surface area contributed by atoms with Crippen LogP contribution in [0.1, 0.15) is 48.1 Å². The van der Waals surface area contributed by atoms with Crippen LogP contribution < -0.4 is 5.32 Å². The molecule has 16 heavy (non-hydrogen) atoms. The molecule has 0 aromatic heterocycles. The number of hydrogen-bond acceptors (Lipinski definition) is 1. The van der Waals surface area contributed by atoms with Crippen molar-refractivity contribution in [1.82, 2.24) is 0 Å². The topological polar surface area (TPSA) is 12.0 Å². The Kier molecular flexibility index (Phi) is 2.52. The van der Waals surface area contributed by atoms with Gasteiger partial charge in [0.1, 0.15) is 0 Å². The van der Waals surface area contributed by atoms with Crippen LogP contribution in [0, 0.1) is 27.7 Å². The van der Waals surface area contributed by atoms with Gasteiger partial charge in [0, 0.05) is 11.2 Å². The first kappa shape index (κ1) is 11.5. The Morgan fingerprint density at radius 3 is 2.06 bits per heavy atom. The SMILES string of the molecule is Cc1c(C)c(C)c2c(c1C)CCC(C)(C)N2. The molecule has 1 N–H and O–H groups in total. The summed E-state index contributed by atoms with van der Waals surface area (Å²) >= 11 is 0. The zero-order valence-corrected chi connectivity index (χ0v) is 11.4. The van der Waals surface area contributed by atoms with Crippen LogP contribution in [0.4, 0.5) is 5.69 Å². The summed E-state index contributed by atoms with van der Waals surface area (Å²) in [6.07, 6.45) is 2.44. The molecule has 1 aromatic carbocycles. The minimum atomic E-state index is 0.242. The molecule has 1 heterocycles. The summed E-state index contributed by atoms with van der Waals surface area (Å²) in [6, 6.07) is 0. The Morgan fingerprint density at radius 1 is 0.875 bits per heavy atom. The van der Waals surface area contributed by atoms with Gasteiger partial charge >= 0.3 is 0 Å². The monoisotopic (exact) mass is 217 g/mol. The third-order valence-electron chi connectivity index (χ3n) is 4.28. The highest BCUT2D eigenvalue weighted by molar-refractivity contribution is 5.67. The summed E-state index contributed by atoms with van der Waals surface area (Å²) in [5.41, 5.74) is 9.02. The molecule has 0 bridgehead atoms. The second kappa shape index (κ2) is 3.51. The quantitative estimate of drug-likeness (QED) is 0.691. The van der Waals surface area contributed by atoms with E-state index in [1.165, 1.54) is 40.8 Å². The van der Waals surface area contributed by atoms with E-state index in [2.05, 4.69) is 46.9 Å². The molecule has 1 nitrogen and oxygen atoms in total. The van der Waals surface area contributed by atoms with Gasteiger partial charge in [-0.15, -0.1) is 0 Å². The van der Waals surface area contributed by atoms with E-state index in [1.807, 2.05) is 0 Å². The maximum atomic E-state index is 3.71. The third kappa shape index (κ3) is 1.63. The number of hydrogen-bond donors (Lipinski definition) is 1. The van der Waals surface area contributed by atoms with E-state index in [0.717, 1.165) is 0 Å². The summed E-state index contributed by atoms with van der Waals surface area (Å²) in [6.45, 7) is 13.6. The van der Waals surface area contributed by atoms with Crippen molar-refractivity contribution < 1.29 is 0 Å². The van der Waals surface area contributed by atoms with E-state index >= 15 is 0 Å². The fraction of sp³-hybridized carbons (Fsp3) is 0.600. The summed E-state index contributed by atoms with van der Waals surface area (Å²) in [4.78, 5) is 0. The molecule has 1 aromatic rings. The minimum Gasteiger partial charge on any atom is -0.380 e. The van der Waals surface area contributed by atoms with E-state index in [4.69, 9.17) is 0 Å². The molecular formula is C15H23N. The maximum Gasteiger partial charge on any atom is 0.0412 e. The lowest BCUT2D eigenvalue weighted by molar-refractivity contribution is 0.500. The molecule has 0 radical (unpaired) electrons. The van der Waals surface area contributed by atoms with Crippen LogP contribution in [0.5, 0.6) is 0 Å². The lowest BCUT2D eigenvalue weighted by Gasteiger charge is -2.36. The number of fused-ring (bicyclic) bond motifs is 1. The molecular weight excluding hydrogens is 194 g/mol. The van der Waals surface area contributed by atoms with Gasteiger partial charge in [-0.3, -0.25) is 0 Å². The highest BCUT2D eigenvalue weighted by Gasteiger charge is 2.27. The van der Waals surface area contributed by atoms with Crippen molar-refractivity contribution in [3.63, 3.8) is 0 Å². The molecule has 0 aliphatic carbocycles. The van der Waals surface area contributed by atoms with Crippen LogP contribution in [0.15, 0.2) is 0 Å². The second-order valence-electron chi connectivity index (χ2n) is 5.86. The maximum absolute atomic E-state index is 3.71. The minimum absolute atomic E-state index is 0.242. The van der Waals surface area contributed by atoms with Gasteiger partial charge in [0.15, 0.2) is 0 Å². The summed E-state index contributed by atoms with van der Waals surface area (Å²) in [7, 11) is 0. The summed E-state index contributed by atoms with van der Waals surface area (Å²) < 4.78 is 0. The van der Waals surface area contributed by atoms with Gasteiger partial charge < -0.3 is 5.32 Å². The normalized spacial score (nSPS) is 17.9. The molecule has 0 amide bonds. The van der Waals surface area contributed by atoms with Crippen molar-refractivity contribution in [2.24, 2.45) is 0 Å². The molecule has 1 aliphatic rings.